The van der Waals surface area contributed by atoms with E-state index >= 15 is 0 Å². The number of rotatable bonds is 5. The van der Waals surface area contributed by atoms with E-state index in [4.69, 9.17) is 16.3 Å². The van der Waals surface area contributed by atoms with Crippen molar-refractivity contribution in [1.29, 1.82) is 0 Å². The largest absolute Gasteiger partial charge is 0.378 e. The molecule has 0 aliphatic carbocycles. The standard InChI is InChI=1S/C11H14ClN5O4/c12-10-9(17(19)20)11(15-7-14-10)13-2-1-8(18)16-3-5-21-6-4-16/h7H,1-6H2,(H,13,14,15). The van der Waals surface area contributed by atoms with E-state index in [9.17, 15) is 14.9 Å². The van der Waals surface area contributed by atoms with Crippen LogP contribution < -0.4 is 5.32 Å². The van der Waals surface area contributed by atoms with Crippen molar-refractivity contribution in [3.63, 3.8) is 0 Å². The maximum Gasteiger partial charge on any atom is 0.348 e. The van der Waals surface area contributed by atoms with E-state index in [-0.39, 0.29) is 29.8 Å². The van der Waals surface area contributed by atoms with E-state index in [1.807, 2.05) is 0 Å². The molecule has 0 spiro atoms. The van der Waals surface area contributed by atoms with Gasteiger partial charge in [0.15, 0.2) is 0 Å². The number of nitro groups is 1. The number of amides is 1. The molecule has 1 fully saturated rings. The van der Waals surface area contributed by atoms with Crippen LogP contribution in [-0.4, -0.2) is 58.5 Å². The molecule has 1 saturated heterocycles. The van der Waals surface area contributed by atoms with Gasteiger partial charge in [-0.2, -0.15) is 0 Å². The minimum absolute atomic E-state index is 0.00905. The highest BCUT2D eigenvalue weighted by molar-refractivity contribution is 6.31. The quantitative estimate of drug-likeness (QED) is 0.483. The van der Waals surface area contributed by atoms with E-state index < -0.39 is 10.6 Å². The minimum atomic E-state index is -0.658. The summed E-state index contributed by atoms with van der Waals surface area (Å²) in [7, 11) is 0. The molecule has 1 aromatic rings. The van der Waals surface area contributed by atoms with Gasteiger partial charge in [0.1, 0.15) is 6.33 Å². The maximum absolute atomic E-state index is 11.9. The molecular formula is C11H14ClN5O4. The molecule has 0 atom stereocenters. The van der Waals surface area contributed by atoms with E-state index in [1.54, 1.807) is 4.90 Å². The van der Waals surface area contributed by atoms with Gasteiger partial charge >= 0.3 is 5.69 Å². The van der Waals surface area contributed by atoms with Crippen LogP contribution in [-0.2, 0) is 9.53 Å². The van der Waals surface area contributed by atoms with Crippen molar-refractivity contribution in [1.82, 2.24) is 14.9 Å². The summed E-state index contributed by atoms with van der Waals surface area (Å²) < 4.78 is 5.16. The Kier molecular flexibility index (Phi) is 5.23. The van der Waals surface area contributed by atoms with Gasteiger partial charge in [-0.3, -0.25) is 14.9 Å². The molecule has 0 bridgehead atoms. The second kappa shape index (κ2) is 7.14. The van der Waals surface area contributed by atoms with E-state index in [1.165, 1.54) is 0 Å². The Morgan fingerprint density at radius 2 is 2.19 bits per heavy atom. The molecule has 0 radical (unpaired) electrons. The summed E-state index contributed by atoms with van der Waals surface area (Å²) in [5.74, 6) is -0.0246. The summed E-state index contributed by atoms with van der Waals surface area (Å²) in [4.78, 5) is 31.2. The molecule has 21 heavy (non-hydrogen) atoms. The highest BCUT2D eigenvalue weighted by Gasteiger charge is 2.22. The molecule has 1 N–H and O–H groups in total. The number of carbonyl (C=O) groups excluding carboxylic acids is 1. The van der Waals surface area contributed by atoms with Crippen molar-refractivity contribution in [2.24, 2.45) is 0 Å². The molecule has 0 unspecified atom stereocenters. The first-order chi connectivity index (χ1) is 10.1. The Balaban J connectivity index is 1.90. The monoisotopic (exact) mass is 315 g/mol. The van der Waals surface area contributed by atoms with Crippen molar-refractivity contribution < 1.29 is 14.5 Å². The minimum Gasteiger partial charge on any atom is -0.378 e. The first-order valence-corrected chi connectivity index (χ1v) is 6.71. The smallest absolute Gasteiger partial charge is 0.348 e. The fourth-order valence-electron chi connectivity index (χ4n) is 1.91. The summed E-state index contributed by atoms with van der Waals surface area (Å²) in [5, 5.41) is 13.4. The highest BCUT2D eigenvalue weighted by atomic mass is 35.5. The van der Waals surface area contributed by atoms with Gasteiger partial charge in [-0.05, 0) is 0 Å². The molecule has 1 aliphatic heterocycles. The molecule has 9 nitrogen and oxygen atoms in total. The third-order valence-corrected chi connectivity index (χ3v) is 3.23. The van der Waals surface area contributed by atoms with Crippen molar-refractivity contribution in [2.75, 3.05) is 38.2 Å². The van der Waals surface area contributed by atoms with Crippen LogP contribution in [0, 0.1) is 10.1 Å². The zero-order valence-corrected chi connectivity index (χ0v) is 11.9. The lowest BCUT2D eigenvalue weighted by molar-refractivity contribution is -0.384. The summed E-state index contributed by atoms with van der Waals surface area (Å²) >= 11 is 5.67. The van der Waals surface area contributed by atoms with Gasteiger partial charge in [-0.25, -0.2) is 9.97 Å². The first kappa shape index (κ1) is 15.4. The van der Waals surface area contributed by atoms with Gasteiger partial charge in [0, 0.05) is 26.1 Å². The molecule has 10 heteroatoms. The van der Waals surface area contributed by atoms with Gasteiger partial charge in [0.2, 0.25) is 16.9 Å². The highest BCUT2D eigenvalue weighted by Crippen LogP contribution is 2.28. The van der Waals surface area contributed by atoms with E-state index in [2.05, 4.69) is 15.3 Å². The fourth-order valence-corrected chi connectivity index (χ4v) is 2.11. The number of morpholine rings is 1. The number of nitrogens with zero attached hydrogens (tertiary/aromatic N) is 4. The SMILES string of the molecule is O=C(CCNc1ncnc(Cl)c1[N+](=O)[O-])N1CCOCC1. The van der Waals surface area contributed by atoms with Crippen LogP contribution in [0.25, 0.3) is 0 Å². The Morgan fingerprint density at radius 3 is 2.86 bits per heavy atom. The predicted octanol–water partition coefficient (Wildman–Crippen LogP) is 0.699. The third-order valence-electron chi connectivity index (χ3n) is 2.96. The molecule has 0 saturated carbocycles. The van der Waals surface area contributed by atoms with Crippen LogP contribution >= 0.6 is 11.6 Å². The number of anilines is 1. The van der Waals surface area contributed by atoms with Gasteiger partial charge in [-0.15, -0.1) is 0 Å². The summed E-state index contributed by atoms with van der Waals surface area (Å²) in [6.07, 6.45) is 1.33. The van der Waals surface area contributed by atoms with Gasteiger partial charge in [0.05, 0.1) is 18.1 Å². The van der Waals surface area contributed by atoms with Crippen LogP contribution in [0.5, 0.6) is 0 Å². The number of halogens is 1. The second-order valence-corrected chi connectivity index (χ2v) is 4.65. The van der Waals surface area contributed by atoms with Crippen LogP contribution in [0.3, 0.4) is 0 Å². The van der Waals surface area contributed by atoms with Crippen molar-refractivity contribution in [3.8, 4) is 0 Å². The second-order valence-electron chi connectivity index (χ2n) is 4.29. The van der Waals surface area contributed by atoms with E-state index in [0.29, 0.717) is 26.3 Å². The molecule has 2 rings (SSSR count). The van der Waals surface area contributed by atoms with Crippen molar-refractivity contribution in [2.45, 2.75) is 6.42 Å². The molecule has 1 aliphatic rings. The lowest BCUT2D eigenvalue weighted by Gasteiger charge is -2.26. The van der Waals surface area contributed by atoms with Crippen molar-refractivity contribution >= 4 is 29.0 Å². The van der Waals surface area contributed by atoms with Gasteiger partial charge < -0.3 is 15.0 Å². The van der Waals surface area contributed by atoms with Crippen molar-refractivity contribution in [3.05, 3.63) is 21.6 Å². The predicted molar refractivity (Wildman–Crippen MR) is 74.2 cm³/mol. The Bertz CT molecular complexity index is 535. The lowest BCUT2D eigenvalue weighted by atomic mass is 10.3. The molecule has 2 heterocycles. The number of ether oxygens (including phenoxy) is 1. The number of carbonyl (C=O) groups is 1. The topological polar surface area (TPSA) is 110 Å². The van der Waals surface area contributed by atoms with Gasteiger partial charge in [-0.1, -0.05) is 11.6 Å². The third kappa shape index (κ3) is 3.99. The summed E-state index contributed by atoms with van der Waals surface area (Å²) in [6.45, 7) is 2.43. The van der Waals surface area contributed by atoms with E-state index in [0.717, 1.165) is 6.33 Å². The Morgan fingerprint density at radius 1 is 1.48 bits per heavy atom. The van der Waals surface area contributed by atoms with Crippen LogP contribution in [0.1, 0.15) is 6.42 Å². The molecule has 1 amide bonds. The number of hydrogen-bond donors (Lipinski definition) is 1. The number of hydrogen-bond acceptors (Lipinski definition) is 7. The zero-order valence-electron chi connectivity index (χ0n) is 11.1. The molecule has 1 aromatic heterocycles. The number of nitrogens with one attached hydrogen (secondary N) is 1. The Hall–Kier alpha value is -2.00. The number of aromatic nitrogens is 2. The normalized spacial score (nSPS) is 14.8. The average Bonchev–Trinajstić information content (AvgIpc) is 2.47. The van der Waals surface area contributed by atoms with Crippen LogP contribution in [0.2, 0.25) is 5.15 Å². The maximum atomic E-state index is 11.9. The fraction of sp³-hybridized carbons (Fsp3) is 0.545. The van der Waals surface area contributed by atoms with Crippen LogP contribution in [0.15, 0.2) is 6.33 Å². The zero-order chi connectivity index (χ0) is 15.2. The molecular weight excluding hydrogens is 302 g/mol. The van der Waals surface area contributed by atoms with Gasteiger partial charge in [0.25, 0.3) is 0 Å². The summed E-state index contributed by atoms with van der Waals surface area (Å²) in [6, 6.07) is 0. The molecule has 0 aromatic carbocycles. The Labute approximate surface area is 125 Å². The molecule has 114 valence electrons. The summed E-state index contributed by atoms with van der Waals surface area (Å²) in [5.41, 5.74) is -0.391. The lowest BCUT2D eigenvalue weighted by Crippen LogP contribution is -2.41. The average molecular weight is 316 g/mol. The first-order valence-electron chi connectivity index (χ1n) is 6.34. The van der Waals surface area contributed by atoms with Crippen LogP contribution in [0.4, 0.5) is 11.5 Å².